The molecule has 0 aliphatic carbocycles. The number of hydrogen-bond donors (Lipinski definition) is 2. The van der Waals surface area contributed by atoms with Crippen LogP contribution in [-0.4, -0.2) is 66.6 Å². The molecule has 2 amide bonds. The lowest BCUT2D eigenvalue weighted by Gasteiger charge is -2.40. The summed E-state index contributed by atoms with van der Waals surface area (Å²) in [5.41, 5.74) is -0.276. The zero-order valence-corrected chi connectivity index (χ0v) is 11.8. The number of nitrogens with one attached hydrogen (secondary N) is 1. The third-order valence-electron chi connectivity index (χ3n) is 3.90. The number of rotatable bonds is 3. The van der Waals surface area contributed by atoms with E-state index in [4.69, 9.17) is 14.6 Å². The standard InChI is InChI=1S/C13H22N2O5/c1-13(2-5-19-6-3-13)14-12(18)15-4-7-20-9-10(15)8-11(16)17/h10H,2-9H2,1H3,(H,14,18)(H,16,17). The van der Waals surface area contributed by atoms with Gasteiger partial charge in [0.05, 0.1) is 25.7 Å². The highest BCUT2D eigenvalue weighted by Crippen LogP contribution is 2.21. The van der Waals surface area contributed by atoms with Crippen molar-refractivity contribution in [1.82, 2.24) is 10.2 Å². The van der Waals surface area contributed by atoms with Gasteiger partial charge in [-0.25, -0.2) is 4.79 Å². The lowest BCUT2D eigenvalue weighted by atomic mass is 9.93. The number of carbonyl (C=O) groups is 2. The molecule has 114 valence electrons. The van der Waals surface area contributed by atoms with E-state index in [1.54, 1.807) is 4.90 Å². The third kappa shape index (κ3) is 3.83. The summed E-state index contributed by atoms with van der Waals surface area (Å²) in [5, 5.41) is 11.9. The van der Waals surface area contributed by atoms with Crippen LogP contribution in [0.3, 0.4) is 0 Å². The van der Waals surface area contributed by atoms with Gasteiger partial charge in [-0.15, -0.1) is 0 Å². The van der Waals surface area contributed by atoms with Crippen molar-refractivity contribution in [3.63, 3.8) is 0 Å². The monoisotopic (exact) mass is 286 g/mol. The summed E-state index contributed by atoms with van der Waals surface area (Å²) in [6, 6.07) is -0.603. The summed E-state index contributed by atoms with van der Waals surface area (Å²) in [7, 11) is 0. The van der Waals surface area contributed by atoms with Crippen LogP contribution in [0.2, 0.25) is 0 Å². The SMILES string of the molecule is CC1(NC(=O)N2CCOCC2CC(=O)O)CCOCC1. The first-order valence-electron chi connectivity index (χ1n) is 6.96. The van der Waals surface area contributed by atoms with Crippen LogP contribution in [0.15, 0.2) is 0 Å². The lowest BCUT2D eigenvalue weighted by Crippen LogP contribution is -2.59. The first-order valence-corrected chi connectivity index (χ1v) is 6.96. The summed E-state index contributed by atoms with van der Waals surface area (Å²) in [6.45, 7) is 4.43. The van der Waals surface area contributed by atoms with Gasteiger partial charge < -0.3 is 24.8 Å². The second-order valence-electron chi connectivity index (χ2n) is 5.62. The van der Waals surface area contributed by atoms with Gasteiger partial charge in [0.2, 0.25) is 0 Å². The average Bonchev–Trinajstić information content (AvgIpc) is 2.38. The first kappa shape index (κ1) is 15.1. The molecule has 2 aliphatic heterocycles. The smallest absolute Gasteiger partial charge is 0.318 e. The van der Waals surface area contributed by atoms with Gasteiger partial charge in [0.15, 0.2) is 0 Å². The number of aliphatic carboxylic acids is 1. The van der Waals surface area contributed by atoms with Crippen molar-refractivity contribution in [2.75, 3.05) is 33.0 Å². The van der Waals surface area contributed by atoms with Gasteiger partial charge in [-0.3, -0.25) is 4.79 Å². The molecule has 0 saturated carbocycles. The molecule has 1 atom stereocenters. The molecule has 2 fully saturated rings. The molecule has 0 spiro atoms. The highest BCUT2D eigenvalue weighted by atomic mass is 16.5. The van der Waals surface area contributed by atoms with Crippen molar-refractivity contribution in [2.45, 2.75) is 37.8 Å². The van der Waals surface area contributed by atoms with E-state index >= 15 is 0 Å². The van der Waals surface area contributed by atoms with E-state index in [-0.39, 0.29) is 24.6 Å². The Morgan fingerprint density at radius 1 is 1.30 bits per heavy atom. The third-order valence-corrected chi connectivity index (χ3v) is 3.90. The Bertz CT molecular complexity index is 368. The summed E-state index contributed by atoms with van der Waals surface area (Å²) in [6.07, 6.45) is 1.45. The lowest BCUT2D eigenvalue weighted by molar-refractivity contribution is -0.139. The molecule has 0 aromatic heterocycles. The zero-order valence-electron chi connectivity index (χ0n) is 11.8. The Labute approximate surface area is 118 Å². The van der Waals surface area contributed by atoms with Crippen molar-refractivity contribution < 1.29 is 24.2 Å². The predicted octanol–water partition coefficient (Wildman–Crippen LogP) is 0.441. The van der Waals surface area contributed by atoms with Gasteiger partial charge in [0.1, 0.15) is 0 Å². The number of carboxylic acids is 1. The maximum atomic E-state index is 12.4. The molecule has 2 aliphatic rings. The number of carboxylic acid groups (broad SMARTS) is 1. The fourth-order valence-corrected chi connectivity index (χ4v) is 2.57. The second-order valence-corrected chi connectivity index (χ2v) is 5.62. The number of urea groups is 1. The molecule has 20 heavy (non-hydrogen) atoms. The highest BCUT2D eigenvalue weighted by Gasteiger charge is 2.34. The van der Waals surface area contributed by atoms with E-state index < -0.39 is 12.0 Å². The second kappa shape index (κ2) is 6.41. The molecule has 2 rings (SSSR count). The molecule has 7 heteroatoms. The molecular weight excluding hydrogens is 264 g/mol. The van der Waals surface area contributed by atoms with Crippen molar-refractivity contribution in [3.05, 3.63) is 0 Å². The molecule has 0 aromatic rings. The van der Waals surface area contributed by atoms with E-state index in [1.165, 1.54) is 0 Å². The quantitative estimate of drug-likeness (QED) is 0.786. The van der Waals surface area contributed by atoms with Crippen LogP contribution in [-0.2, 0) is 14.3 Å². The number of morpholine rings is 1. The van der Waals surface area contributed by atoms with Crippen molar-refractivity contribution >= 4 is 12.0 Å². The van der Waals surface area contributed by atoms with Crippen LogP contribution < -0.4 is 5.32 Å². The fourth-order valence-electron chi connectivity index (χ4n) is 2.57. The minimum atomic E-state index is -0.921. The Morgan fingerprint density at radius 2 is 2.00 bits per heavy atom. The minimum absolute atomic E-state index is 0.0900. The largest absolute Gasteiger partial charge is 0.481 e. The summed E-state index contributed by atoms with van der Waals surface area (Å²) >= 11 is 0. The van der Waals surface area contributed by atoms with Gasteiger partial charge in [-0.2, -0.15) is 0 Å². The van der Waals surface area contributed by atoms with Crippen molar-refractivity contribution in [3.8, 4) is 0 Å². The number of ether oxygens (including phenoxy) is 2. The minimum Gasteiger partial charge on any atom is -0.481 e. The molecule has 0 bridgehead atoms. The topological polar surface area (TPSA) is 88.1 Å². The average molecular weight is 286 g/mol. The van der Waals surface area contributed by atoms with E-state index in [1.807, 2.05) is 6.92 Å². The zero-order chi connectivity index (χ0) is 14.6. The fraction of sp³-hybridized carbons (Fsp3) is 0.846. The molecule has 0 aromatic carbocycles. The van der Waals surface area contributed by atoms with Gasteiger partial charge in [0, 0.05) is 25.3 Å². The van der Waals surface area contributed by atoms with Crippen LogP contribution in [0.4, 0.5) is 4.79 Å². The highest BCUT2D eigenvalue weighted by molar-refractivity contribution is 5.77. The van der Waals surface area contributed by atoms with Crippen molar-refractivity contribution in [2.24, 2.45) is 0 Å². The Morgan fingerprint density at radius 3 is 2.65 bits per heavy atom. The van der Waals surface area contributed by atoms with Crippen LogP contribution in [0, 0.1) is 0 Å². The molecule has 7 nitrogen and oxygen atoms in total. The Kier molecular flexibility index (Phi) is 4.82. The summed E-state index contributed by atoms with van der Waals surface area (Å²) in [5.74, 6) is -0.921. The molecular formula is C13H22N2O5. The van der Waals surface area contributed by atoms with Crippen LogP contribution in [0.1, 0.15) is 26.2 Å². The van der Waals surface area contributed by atoms with E-state index in [0.717, 1.165) is 12.8 Å². The maximum Gasteiger partial charge on any atom is 0.318 e. The number of nitrogens with zero attached hydrogens (tertiary/aromatic N) is 1. The van der Waals surface area contributed by atoms with Crippen LogP contribution in [0.25, 0.3) is 0 Å². The Balaban J connectivity index is 1.96. The van der Waals surface area contributed by atoms with E-state index in [0.29, 0.717) is 26.4 Å². The predicted molar refractivity (Wildman–Crippen MR) is 70.6 cm³/mol. The maximum absolute atomic E-state index is 12.4. The molecule has 0 radical (unpaired) electrons. The van der Waals surface area contributed by atoms with Crippen molar-refractivity contribution in [1.29, 1.82) is 0 Å². The normalized spacial score (nSPS) is 26.1. The van der Waals surface area contributed by atoms with E-state index in [2.05, 4.69) is 5.32 Å². The number of amides is 2. The van der Waals surface area contributed by atoms with Gasteiger partial charge >= 0.3 is 12.0 Å². The summed E-state index contributed by atoms with van der Waals surface area (Å²) < 4.78 is 10.6. The molecule has 2 heterocycles. The summed E-state index contributed by atoms with van der Waals surface area (Å²) in [4.78, 5) is 24.8. The van der Waals surface area contributed by atoms with Gasteiger partial charge in [-0.05, 0) is 19.8 Å². The van der Waals surface area contributed by atoms with Gasteiger partial charge in [0.25, 0.3) is 0 Å². The first-order chi connectivity index (χ1) is 9.50. The van der Waals surface area contributed by atoms with Gasteiger partial charge in [-0.1, -0.05) is 0 Å². The number of carbonyl (C=O) groups excluding carboxylic acids is 1. The number of hydrogen-bond acceptors (Lipinski definition) is 4. The molecule has 2 saturated heterocycles. The van der Waals surface area contributed by atoms with Crippen LogP contribution in [0.5, 0.6) is 0 Å². The van der Waals surface area contributed by atoms with Crippen LogP contribution >= 0.6 is 0 Å². The Hall–Kier alpha value is -1.34. The van der Waals surface area contributed by atoms with E-state index in [9.17, 15) is 9.59 Å². The molecule has 2 N–H and O–H groups in total. The molecule has 1 unspecified atom stereocenters.